The van der Waals surface area contributed by atoms with Crippen LogP contribution in [0, 0.1) is 0 Å². The molecule has 2 amide bonds. The highest BCUT2D eigenvalue weighted by Gasteiger charge is 2.43. The zero-order chi connectivity index (χ0) is 15.6. The summed E-state index contributed by atoms with van der Waals surface area (Å²) < 4.78 is 5.14. The Morgan fingerprint density at radius 2 is 1.90 bits per heavy atom. The van der Waals surface area contributed by atoms with E-state index in [1.807, 2.05) is 31.2 Å². The van der Waals surface area contributed by atoms with Gasteiger partial charge in [-0.15, -0.1) is 5.10 Å². The molecule has 0 saturated heterocycles. The molecule has 0 radical (unpaired) electrons. The number of hydrogen-bond acceptors (Lipinski definition) is 5. The predicted octanol–water partition coefficient (Wildman–Crippen LogP) is 1.87. The number of hydrogen-bond donors (Lipinski definition) is 1. The first kappa shape index (κ1) is 15.4. The third-order valence-corrected chi connectivity index (χ3v) is 4.28. The van der Waals surface area contributed by atoms with Gasteiger partial charge in [0.15, 0.2) is 5.17 Å². The molecule has 1 aromatic rings. The maximum absolute atomic E-state index is 11.9. The molecular formula is C14H17N3O3S. The molecule has 0 bridgehead atoms. The van der Waals surface area contributed by atoms with Crippen LogP contribution in [0.25, 0.3) is 0 Å². The van der Waals surface area contributed by atoms with Crippen molar-refractivity contribution in [3.8, 4) is 5.75 Å². The molecule has 1 unspecified atom stereocenters. The number of carbonyl (C=O) groups excluding carboxylic acids is 2. The van der Waals surface area contributed by atoms with Crippen molar-refractivity contribution in [2.75, 3.05) is 7.11 Å². The van der Waals surface area contributed by atoms with Crippen LogP contribution in [-0.4, -0.2) is 29.1 Å². The Labute approximate surface area is 127 Å². The number of ether oxygens (including phenoxy) is 1. The number of rotatable bonds is 2. The van der Waals surface area contributed by atoms with E-state index in [4.69, 9.17) is 4.74 Å². The maximum atomic E-state index is 11.9. The fourth-order valence-electron chi connectivity index (χ4n) is 2.09. The summed E-state index contributed by atoms with van der Waals surface area (Å²) in [6.07, 6.45) is 0. The molecule has 7 heteroatoms. The highest BCUT2D eigenvalue weighted by Crippen LogP contribution is 2.45. The molecule has 1 atom stereocenters. The molecular weight excluding hydrogens is 290 g/mol. The summed E-state index contributed by atoms with van der Waals surface area (Å²) in [5.41, 5.74) is 0.896. The molecule has 1 aliphatic rings. The van der Waals surface area contributed by atoms with Crippen molar-refractivity contribution in [3.63, 3.8) is 0 Å². The highest BCUT2D eigenvalue weighted by molar-refractivity contribution is 8.14. The number of amidine groups is 1. The quantitative estimate of drug-likeness (QED) is 0.905. The van der Waals surface area contributed by atoms with Gasteiger partial charge in [0.25, 0.3) is 0 Å². The normalized spacial score (nSPS) is 21.0. The Morgan fingerprint density at radius 1 is 1.29 bits per heavy atom. The van der Waals surface area contributed by atoms with Gasteiger partial charge in [-0.05, 0) is 24.6 Å². The van der Waals surface area contributed by atoms with Crippen LogP contribution < -0.4 is 10.1 Å². The second-order valence-corrected chi connectivity index (χ2v) is 6.12. The molecule has 0 saturated carbocycles. The SMILES string of the molecule is COc1ccc(C2(C)SC(NC(C)=O)=NN2C(C)=O)cc1. The zero-order valence-corrected chi connectivity index (χ0v) is 13.2. The monoisotopic (exact) mass is 307 g/mol. The van der Waals surface area contributed by atoms with Gasteiger partial charge in [0.1, 0.15) is 10.6 Å². The first-order valence-corrected chi connectivity index (χ1v) is 7.19. The van der Waals surface area contributed by atoms with E-state index in [0.29, 0.717) is 5.17 Å². The average Bonchev–Trinajstić information content (AvgIpc) is 2.76. The topological polar surface area (TPSA) is 71.0 Å². The highest BCUT2D eigenvalue weighted by atomic mass is 32.2. The number of nitrogens with zero attached hydrogens (tertiary/aromatic N) is 2. The zero-order valence-electron chi connectivity index (χ0n) is 12.3. The number of hydrazone groups is 1. The molecule has 1 N–H and O–H groups in total. The summed E-state index contributed by atoms with van der Waals surface area (Å²) >= 11 is 1.33. The smallest absolute Gasteiger partial charge is 0.241 e. The Kier molecular flexibility index (Phi) is 4.22. The second-order valence-electron chi connectivity index (χ2n) is 4.73. The first-order valence-electron chi connectivity index (χ1n) is 6.37. The van der Waals surface area contributed by atoms with Gasteiger partial charge in [0.2, 0.25) is 11.8 Å². The molecule has 1 aromatic carbocycles. The van der Waals surface area contributed by atoms with E-state index in [0.717, 1.165) is 11.3 Å². The summed E-state index contributed by atoms with van der Waals surface area (Å²) in [4.78, 5) is 22.3. The Hall–Kier alpha value is -2.02. The van der Waals surface area contributed by atoms with E-state index in [1.54, 1.807) is 7.11 Å². The van der Waals surface area contributed by atoms with Crippen LogP contribution in [0.15, 0.2) is 29.4 Å². The number of nitrogens with one attached hydrogen (secondary N) is 1. The van der Waals surface area contributed by atoms with Gasteiger partial charge in [-0.2, -0.15) is 0 Å². The fourth-order valence-corrected chi connectivity index (χ4v) is 3.30. The van der Waals surface area contributed by atoms with Gasteiger partial charge in [-0.3, -0.25) is 9.59 Å². The molecule has 0 spiro atoms. The Bertz CT molecular complexity index is 600. The number of carbonyl (C=O) groups is 2. The number of benzene rings is 1. The summed E-state index contributed by atoms with van der Waals surface area (Å²) in [6, 6.07) is 7.42. The van der Waals surface area contributed by atoms with Gasteiger partial charge in [0.05, 0.1) is 7.11 Å². The fraction of sp³-hybridized carbons (Fsp3) is 0.357. The molecule has 0 aliphatic carbocycles. The van der Waals surface area contributed by atoms with Crippen molar-refractivity contribution in [1.29, 1.82) is 0 Å². The Morgan fingerprint density at radius 3 is 2.38 bits per heavy atom. The van der Waals surface area contributed by atoms with Gasteiger partial charge in [-0.1, -0.05) is 23.9 Å². The van der Waals surface area contributed by atoms with Crippen LogP contribution in [0.4, 0.5) is 0 Å². The van der Waals surface area contributed by atoms with Gasteiger partial charge < -0.3 is 10.1 Å². The molecule has 1 heterocycles. The van der Waals surface area contributed by atoms with Crippen LogP contribution in [0.3, 0.4) is 0 Å². The van der Waals surface area contributed by atoms with Crippen molar-refractivity contribution in [3.05, 3.63) is 29.8 Å². The number of methoxy groups -OCH3 is 1. The van der Waals surface area contributed by atoms with Crippen LogP contribution in [0.2, 0.25) is 0 Å². The van der Waals surface area contributed by atoms with Crippen LogP contribution in [0.1, 0.15) is 26.3 Å². The molecule has 6 nitrogen and oxygen atoms in total. The van der Waals surface area contributed by atoms with Crippen molar-refractivity contribution >= 4 is 28.7 Å². The summed E-state index contributed by atoms with van der Waals surface area (Å²) in [5, 5.41) is 8.62. The average molecular weight is 307 g/mol. The molecule has 0 aromatic heterocycles. The van der Waals surface area contributed by atoms with E-state index >= 15 is 0 Å². The van der Waals surface area contributed by atoms with Gasteiger partial charge >= 0.3 is 0 Å². The third-order valence-electron chi connectivity index (χ3n) is 3.10. The van der Waals surface area contributed by atoms with Crippen molar-refractivity contribution in [1.82, 2.24) is 10.3 Å². The van der Waals surface area contributed by atoms with Crippen LogP contribution in [-0.2, 0) is 14.5 Å². The minimum atomic E-state index is -0.699. The van der Waals surface area contributed by atoms with Crippen molar-refractivity contribution < 1.29 is 14.3 Å². The van der Waals surface area contributed by atoms with Crippen LogP contribution >= 0.6 is 11.8 Å². The maximum Gasteiger partial charge on any atom is 0.241 e. The lowest BCUT2D eigenvalue weighted by atomic mass is 10.1. The van der Waals surface area contributed by atoms with Crippen molar-refractivity contribution in [2.24, 2.45) is 5.10 Å². The second kappa shape index (κ2) is 5.77. The summed E-state index contributed by atoms with van der Waals surface area (Å²) in [7, 11) is 1.60. The third kappa shape index (κ3) is 3.02. The molecule has 2 rings (SSSR count). The minimum absolute atomic E-state index is 0.193. The van der Waals surface area contributed by atoms with E-state index in [-0.39, 0.29) is 11.8 Å². The lowest BCUT2D eigenvalue weighted by molar-refractivity contribution is -0.131. The van der Waals surface area contributed by atoms with E-state index in [9.17, 15) is 9.59 Å². The standard InChI is InChI=1S/C14H17N3O3S/c1-9(18)15-13-16-17(10(2)19)14(3,21-13)11-5-7-12(20-4)8-6-11/h5-8H,1-4H3,(H,15,16,18). The summed E-state index contributed by atoms with van der Waals surface area (Å²) in [6.45, 7) is 4.74. The largest absolute Gasteiger partial charge is 0.497 e. The molecule has 0 fully saturated rings. The Balaban J connectivity index is 2.35. The first-order chi connectivity index (χ1) is 9.86. The molecule has 112 valence electrons. The lowest BCUT2D eigenvalue weighted by Crippen LogP contribution is -2.37. The van der Waals surface area contributed by atoms with E-state index in [2.05, 4.69) is 10.4 Å². The van der Waals surface area contributed by atoms with Crippen molar-refractivity contribution in [2.45, 2.75) is 25.6 Å². The van der Waals surface area contributed by atoms with Gasteiger partial charge in [0, 0.05) is 13.8 Å². The summed E-state index contributed by atoms with van der Waals surface area (Å²) in [5.74, 6) is 0.327. The van der Waals surface area contributed by atoms with E-state index in [1.165, 1.54) is 30.6 Å². The predicted molar refractivity (Wildman–Crippen MR) is 81.7 cm³/mol. The van der Waals surface area contributed by atoms with Crippen LogP contribution in [0.5, 0.6) is 5.75 Å². The number of amides is 2. The molecule has 1 aliphatic heterocycles. The lowest BCUT2D eigenvalue weighted by Gasteiger charge is -2.31. The minimum Gasteiger partial charge on any atom is -0.497 e. The van der Waals surface area contributed by atoms with E-state index < -0.39 is 4.87 Å². The van der Waals surface area contributed by atoms with Gasteiger partial charge in [-0.25, -0.2) is 5.01 Å². The number of thioether (sulfide) groups is 1. The molecule has 21 heavy (non-hydrogen) atoms.